The molecule has 0 unspecified atom stereocenters. The molecule has 3 aliphatic heterocycles. The normalized spacial score (nSPS) is 27.6. The van der Waals surface area contributed by atoms with Crippen molar-refractivity contribution >= 4 is 17.3 Å². The summed E-state index contributed by atoms with van der Waals surface area (Å²) in [5.41, 5.74) is 6.67. The van der Waals surface area contributed by atoms with E-state index in [1.165, 1.54) is 13.0 Å². The lowest BCUT2D eigenvalue weighted by Gasteiger charge is -2.50. The number of rotatable bonds is 4. The van der Waals surface area contributed by atoms with Crippen LogP contribution in [0.1, 0.15) is 43.4 Å². The van der Waals surface area contributed by atoms with Crippen LogP contribution in [-0.2, 0) is 0 Å². The maximum Gasteiger partial charge on any atom is 0.191 e. The average Bonchev–Trinajstić information content (AvgIpc) is 3.23. The van der Waals surface area contributed by atoms with Gasteiger partial charge in [-0.3, -0.25) is 0 Å². The van der Waals surface area contributed by atoms with Crippen molar-refractivity contribution in [2.45, 2.75) is 38.0 Å². The molecule has 30 heavy (non-hydrogen) atoms. The van der Waals surface area contributed by atoms with Gasteiger partial charge in [0.2, 0.25) is 0 Å². The summed E-state index contributed by atoms with van der Waals surface area (Å²) in [4.78, 5) is 1.67. The van der Waals surface area contributed by atoms with E-state index in [1.54, 1.807) is 12.0 Å². The van der Waals surface area contributed by atoms with Gasteiger partial charge in [-0.15, -0.1) is 0 Å². The van der Waals surface area contributed by atoms with Gasteiger partial charge in [0.1, 0.15) is 0 Å². The Kier molecular flexibility index (Phi) is 5.13. The van der Waals surface area contributed by atoms with Crippen molar-refractivity contribution in [2.24, 2.45) is 0 Å². The summed E-state index contributed by atoms with van der Waals surface area (Å²) < 4.78 is 12.5. The molecule has 0 radical (unpaired) electrons. The van der Waals surface area contributed by atoms with Gasteiger partial charge in [0.15, 0.2) is 17.2 Å². The molecule has 5 nitrogen and oxygen atoms in total. The summed E-state index contributed by atoms with van der Waals surface area (Å²) in [7, 11) is 1.72. The topological polar surface area (TPSA) is 38.2 Å². The van der Waals surface area contributed by atoms with E-state index < -0.39 is 0 Å². The molecule has 1 saturated heterocycles. The van der Waals surface area contributed by atoms with Crippen LogP contribution in [0.5, 0.6) is 11.5 Å². The van der Waals surface area contributed by atoms with Crippen LogP contribution in [0, 0.1) is 0 Å². The number of hydrogen-bond donors (Lipinski definition) is 2. The first-order chi connectivity index (χ1) is 14.6. The first kappa shape index (κ1) is 19.7. The molecule has 2 N–H and O–H groups in total. The molecule has 3 aliphatic rings. The maximum atomic E-state index is 6.80. The van der Waals surface area contributed by atoms with Crippen LogP contribution < -0.4 is 19.8 Å². The zero-order valence-corrected chi connectivity index (χ0v) is 18.3. The Bertz CT molecular complexity index is 951. The van der Waals surface area contributed by atoms with Gasteiger partial charge in [-0.1, -0.05) is 42.8 Å². The molecule has 0 aromatic heterocycles. The quantitative estimate of drug-likeness (QED) is 0.785. The van der Waals surface area contributed by atoms with Gasteiger partial charge in [0, 0.05) is 10.6 Å². The van der Waals surface area contributed by atoms with E-state index in [-0.39, 0.29) is 11.8 Å². The number of nitrogens with zero attached hydrogens (tertiary/aromatic N) is 1. The zero-order valence-electron chi connectivity index (χ0n) is 17.6. The second-order valence-corrected chi connectivity index (χ2v) is 8.88. The Balaban J connectivity index is 1.54. The van der Waals surface area contributed by atoms with Crippen LogP contribution in [0.2, 0.25) is 5.02 Å². The monoisotopic (exact) mass is 426 g/mol. The molecule has 0 amide bonds. The fraction of sp³-hybridized carbons (Fsp3) is 0.417. The van der Waals surface area contributed by atoms with E-state index in [2.05, 4.69) is 41.6 Å². The largest absolute Gasteiger partial charge is 0.493 e. The van der Waals surface area contributed by atoms with Crippen molar-refractivity contribution in [3.8, 4) is 11.5 Å². The highest BCUT2D eigenvalue weighted by molar-refractivity contribution is 6.30. The number of para-hydroxylation sites is 1. The van der Waals surface area contributed by atoms with E-state index in [0.717, 1.165) is 59.3 Å². The Morgan fingerprint density at radius 1 is 1.20 bits per heavy atom. The SMILES string of the molecule is CCC[NH+]1CCC2(CC1)Oc1c(OC)cccc1[C@H]1C=C(c3ccc(Cl)cc3)NN12. The molecular weight excluding hydrogens is 398 g/mol. The minimum atomic E-state index is -0.381. The fourth-order valence-electron chi connectivity index (χ4n) is 5.06. The molecule has 2 aromatic carbocycles. The maximum absolute atomic E-state index is 6.80. The van der Waals surface area contributed by atoms with Crippen LogP contribution in [0.25, 0.3) is 5.70 Å². The summed E-state index contributed by atoms with van der Waals surface area (Å²) in [5.74, 6) is 1.69. The molecule has 6 heteroatoms. The molecule has 1 fully saturated rings. The molecule has 1 atom stereocenters. The van der Waals surface area contributed by atoms with Crippen LogP contribution in [0.3, 0.4) is 0 Å². The number of nitrogens with one attached hydrogen (secondary N) is 2. The highest BCUT2D eigenvalue weighted by Crippen LogP contribution is 2.50. The lowest BCUT2D eigenvalue weighted by molar-refractivity contribution is -0.908. The molecule has 158 valence electrons. The van der Waals surface area contributed by atoms with Crippen LogP contribution in [0.4, 0.5) is 0 Å². The van der Waals surface area contributed by atoms with E-state index in [9.17, 15) is 0 Å². The van der Waals surface area contributed by atoms with Crippen molar-refractivity contribution in [3.05, 3.63) is 64.7 Å². The second kappa shape index (κ2) is 7.80. The minimum absolute atomic E-state index is 0.0993. The Morgan fingerprint density at radius 2 is 1.97 bits per heavy atom. The number of piperidine rings is 1. The van der Waals surface area contributed by atoms with Gasteiger partial charge in [-0.05, 0) is 36.3 Å². The van der Waals surface area contributed by atoms with Gasteiger partial charge in [0.25, 0.3) is 0 Å². The third kappa shape index (κ3) is 3.25. The van der Waals surface area contributed by atoms with Gasteiger partial charge in [-0.2, -0.15) is 5.01 Å². The number of likely N-dealkylation sites (tertiary alicyclic amines) is 1. The lowest BCUT2D eigenvalue weighted by atomic mass is 9.92. The number of hydrogen-bond acceptors (Lipinski definition) is 4. The highest BCUT2D eigenvalue weighted by Gasteiger charge is 2.53. The van der Waals surface area contributed by atoms with Crippen LogP contribution in [0.15, 0.2) is 48.5 Å². The lowest BCUT2D eigenvalue weighted by Crippen LogP contribution is -3.14. The summed E-state index contributed by atoms with van der Waals surface area (Å²) in [6.07, 6.45) is 5.47. The average molecular weight is 427 g/mol. The number of halogens is 1. The summed E-state index contributed by atoms with van der Waals surface area (Å²) in [6.45, 7) is 5.70. The molecule has 0 aliphatic carbocycles. The molecule has 0 bridgehead atoms. The number of benzene rings is 2. The van der Waals surface area contributed by atoms with Crippen molar-refractivity contribution in [3.63, 3.8) is 0 Å². The first-order valence-electron chi connectivity index (χ1n) is 10.9. The summed E-state index contributed by atoms with van der Waals surface area (Å²) >= 11 is 6.11. The predicted molar refractivity (Wildman–Crippen MR) is 119 cm³/mol. The third-order valence-electron chi connectivity index (χ3n) is 6.62. The van der Waals surface area contributed by atoms with Crippen molar-refractivity contribution in [1.82, 2.24) is 10.4 Å². The minimum Gasteiger partial charge on any atom is -0.493 e. The van der Waals surface area contributed by atoms with E-state index >= 15 is 0 Å². The van der Waals surface area contributed by atoms with Gasteiger partial charge < -0.3 is 19.8 Å². The van der Waals surface area contributed by atoms with Gasteiger partial charge in [-0.25, -0.2) is 0 Å². The third-order valence-corrected chi connectivity index (χ3v) is 6.87. The second-order valence-electron chi connectivity index (χ2n) is 8.44. The van der Waals surface area contributed by atoms with Crippen molar-refractivity contribution in [2.75, 3.05) is 26.7 Å². The number of ether oxygens (including phenoxy) is 2. The van der Waals surface area contributed by atoms with Crippen LogP contribution in [-0.4, -0.2) is 37.5 Å². The molecule has 2 aromatic rings. The fourth-order valence-corrected chi connectivity index (χ4v) is 5.18. The van der Waals surface area contributed by atoms with E-state index in [0.29, 0.717) is 0 Å². The predicted octanol–water partition coefficient (Wildman–Crippen LogP) is 3.43. The van der Waals surface area contributed by atoms with Crippen molar-refractivity contribution in [1.29, 1.82) is 0 Å². The number of methoxy groups -OCH3 is 1. The summed E-state index contributed by atoms with van der Waals surface area (Å²) in [6, 6.07) is 14.3. The zero-order chi connectivity index (χ0) is 20.7. The number of fused-ring (bicyclic) bond motifs is 4. The molecule has 1 spiro atoms. The van der Waals surface area contributed by atoms with Gasteiger partial charge in [0.05, 0.1) is 51.3 Å². The van der Waals surface area contributed by atoms with Crippen molar-refractivity contribution < 1.29 is 14.4 Å². The first-order valence-corrected chi connectivity index (χ1v) is 11.2. The Labute approximate surface area is 183 Å². The number of quaternary nitrogens is 1. The summed E-state index contributed by atoms with van der Waals surface area (Å²) in [5, 5.41) is 3.08. The van der Waals surface area contributed by atoms with Gasteiger partial charge >= 0.3 is 0 Å². The highest BCUT2D eigenvalue weighted by atomic mass is 35.5. The Morgan fingerprint density at radius 3 is 2.67 bits per heavy atom. The van der Waals surface area contributed by atoms with E-state index in [1.807, 2.05) is 24.3 Å². The standard InChI is InChI=1S/C24H28ClN3O2/c1-3-13-27-14-11-24(12-15-27)28-21(19-5-4-6-22(29-2)23(19)30-24)16-20(26-28)17-7-9-18(25)10-8-17/h4-10,16,21,26H,3,11-15H2,1-2H3/p+1/t21-/m1/s1. The Hall–Kier alpha value is -2.21. The van der Waals surface area contributed by atoms with Crippen LogP contribution >= 0.6 is 11.6 Å². The van der Waals surface area contributed by atoms with E-state index in [4.69, 9.17) is 21.1 Å². The molecule has 3 heterocycles. The smallest absolute Gasteiger partial charge is 0.191 e. The molecule has 5 rings (SSSR count). The number of hydrazine groups is 1. The molecular formula is C24H29ClN3O2+. The molecule has 0 saturated carbocycles.